The highest BCUT2D eigenvalue weighted by atomic mass is 16.5. The Kier molecular flexibility index (Phi) is 5.13. The van der Waals surface area contributed by atoms with E-state index < -0.39 is 0 Å². The number of methoxy groups -OCH3 is 2. The molecule has 4 aromatic rings. The fourth-order valence-electron chi connectivity index (χ4n) is 3.01. The number of benzene rings is 2. The Bertz CT molecular complexity index is 1080. The van der Waals surface area contributed by atoms with Crippen molar-refractivity contribution in [1.82, 2.24) is 19.9 Å². The summed E-state index contributed by atoms with van der Waals surface area (Å²) in [4.78, 5) is 17.4. The maximum atomic E-state index is 5.97. The van der Waals surface area contributed by atoms with E-state index in [-0.39, 0.29) is 11.9 Å². The van der Waals surface area contributed by atoms with Gasteiger partial charge in [0.05, 0.1) is 37.0 Å². The number of anilines is 2. The molecule has 0 radical (unpaired) electrons. The SMILES string of the molecule is COc1ccc(-c2cc(-c3cc(-c4ccc(OC)cc4)nc(N)n3)nc(N)n2)cc1. The van der Waals surface area contributed by atoms with Crippen LogP contribution in [0.5, 0.6) is 11.5 Å². The number of nitrogens with two attached hydrogens (primary N) is 2. The molecule has 0 spiro atoms. The number of hydrogen-bond acceptors (Lipinski definition) is 8. The third kappa shape index (κ3) is 3.97. The predicted octanol–water partition coefficient (Wildman–Crippen LogP) is 3.45. The molecular formula is C22H20N6O2. The van der Waals surface area contributed by atoms with Crippen LogP contribution in [0.15, 0.2) is 60.7 Å². The molecule has 0 bridgehead atoms. The first-order valence-electron chi connectivity index (χ1n) is 9.14. The number of rotatable bonds is 5. The van der Waals surface area contributed by atoms with E-state index in [2.05, 4.69) is 19.9 Å². The number of aromatic nitrogens is 4. The first kappa shape index (κ1) is 19.1. The number of hydrogen-bond donors (Lipinski definition) is 2. The molecule has 2 heterocycles. The zero-order valence-corrected chi connectivity index (χ0v) is 16.5. The Morgan fingerprint density at radius 3 is 1.20 bits per heavy atom. The molecule has 0 aliphatic rings. The van der Waals surface area contributed by atoms with Gasteiger partial charge in [-0.25, -0.2) is 19.9 Å². The van der Waals surface area contributed by atoms with Crippen molar-refractivity contribution < 1.29 is 9.47 Å². The summed E-state index contributed by atoms with van der Waals surface area (Å²) in [6, 6.07) is 18.7. The fourth-order valence-corrected chi connectivity index (χ4v) is 3.01. The van der Waals surface area contributed by atoms with Gasteiger partial charge in [-0.2, -0.15) is 0 Å². The third-order valence-corrected chi connectivity index (χ3v) is 4.52. The Morgan fingerprint density at radius 2 is 0.867 bits per heavy atom. The first-order chi connectivity index (χ1) is 14.6. The molecule has 0 aliphatic carbocycles. The van der Waals surface area contributed by atoms with Gasteiger partial charge in [0.15, 0.2) is 0 Å². The van der Waals surface area contributed by atoms with Gasteiger partial charge in [-0.1, -0.05) is 0 Å². The van der Waals surface area contributed by atoms with Crippen molar-refractivity contribution in [3.63, 3.8) is 0 Å². The largest absolute Gasteiger partial charge is 0.497 e. The lowest BCUT2D eigenvalue weighted by molar-refractivity contribution is 0.415. The van der Waals surface area contributed by atoms with Gasteiger partial charge in [-0.05, 0) is 60.7 Å². The van der Waals surface area contributed by atoms with E-state index >= 15 is 0 Å². The van der Waals surface area contributed by atoms with E-state index in [1.54, 1.807) is 14.2 Å². The molecule has 2 aromatic carbocycles. The van der Waals surface area contributed by atoms with E-state index in [0.717, 1.165) is 22.6 Å². The van der Waals surface area contributed by atoms with E-state index in [0.29, 0.717) is 22.8 Å². The van der Waals surface area contributed by atoms with E-state index in [4.69, 9.17) is 20.9 Å². The van der Waals surface area contributed by atoms with Crippen molar-refractivity contribution in [2.24, 2.45) is 0 Å². The summed E-state index contributed by atoms with van der Waals surface area (Å²) < 4.78 is 10.4. The smallest absolute Gasteiger partial charge is 0.221 e. The van der Waals surface area contributed by atoms with Crippen molar-refractivity contribution in [2.45, 2.75) is 0 Å². The predicted molar refractivity (Wildman–Crippen MR) is 116 cm³/mol. The molecular weight excluding hydrogens is 380 g/mol. The van der Waals surface area contributed by atoms with Gasteiger partial charge in [-0.15, -0.1) is 0 Å². The molecule has 0 atom stereocenters. The minimum atomic E-state index is 0.140. The highest BCUT2D eigenvalue weighted by Crippen LogP contribution is 2.28. The van der Waals surface area contributed by atoms with E-state index in [1.165, 1.54) is 0 Å². The normalized spacial score (nSPS) is 10.6. The summed E-state index contributed by atoms with van der Waals surface area (Å²) in [5.41, 5.74) is 16.1. The highest BCUT2D eigenvalue weighted by Gasteiger charge is 2.12. The molecule has 0 saturated heterocycles. The monoisotopic (exact) mass is 400 g/mol. The average molecular weight is 400 g/mol. The highest BCUT2D eigenvalue weighted by molar-refractivity contribution is 5.72. The van der Waals surface area contributed by atoms with Crippen LogP contribution in [0.4, 0.5) is 11.9 Å². The van der Waals surface area contributed by atoms with Crippen molar-refractivity contribution >= 4 is 11.9 Å². The zero-order chi connectivity index (χ0) is 21.1. The summed E-state index contributed by atoms with van der Waals surface area (Å²) in [6.07, 6.45) is 0. The van der Waals surface area contributed by atoms with Crippen molar-refractivity contribution in [2.75, 3.05) is 25.7 Å². The topological polar surface area (TPSA) is 122 Å². The minimum Gasteiger partial charge on any atom is -0.497 e. The van der Waals surface area contributed by atoms with Gasteiger partial charge in [-0.3, -0.25) is 0 Å². The van der Waals surface area contributed by atoms with Crippen LogP contribution >= 0.6 is 0 Å². The number of nitrogens with zero attached hydrogens (tertiary/aromatic N) is 4. The molecule has 2 aromatic heterocycles. The summed E-state index contributed by atoms with van der Waals surface area (Å²) in [5.74, 6) is 1.80. The minimum absolute atomic E-state index is 0.140. The molecule has 4 N–H and O–H groups in total. The van der Waals surface area contributed by atoms with Gasteiger partial charge in [0.1, 0.15) is 11.5 Å². The van der Waals surface area contributed by atoms with Crippen LogP contribution in [-0.4, -0.2) is 34.2 Å². The van der Waals surface area contributed by atoms with Gasteiger partial charge in [0.2, 0.25) is 11.9 Å². The van der Waals surface area contributed by atoms with E-state index in [1.807, 2.05) is 60.7 Å². The summed E-state index contributed by atoms with van der Waals surface area (Å²) in [6.45, 7) is 0. The standard InChI is InChI=1S/C22H20N6O2/c1-29-15-7-3-13(4-8-15)17-11-19(27-21(23)25-17)20-12-18(26-22(24)28-20)14-5-9-16(30-2)10-6-14/h3-12H,1-2H3,(H2,23,25,27)(H2,24,26,28). The van der Waals surface area contributed by atoms with Crippen LogP contribution in [-0.2, 0) is 0 Å². The lowest BCUT2D eigenvalue weighted by Crippen LogP contribution is -2.02. The Labute approximate surface area is 173 Å². The van der Waals surface area contributed by atoms with Gasteiger partial charge in [0.25, 0.3) is 0 Å². The molecule has 0 unspecified atom stereocenters. The average Bonchev–Trinajstić information content (AvgIpc) is 2.78. The second-order valence-electron chi connectivity index (χ2n) is 6.45. The van der Waals surface area contributed by atoms with Crippen molar-refractivity contribution in [1.29, 1.82) is 0 Å². The molecule has 8 heteroatoms. The quantitative estimate of drug-likeness (QED) is 0.522. The lowest BCUT2D eigenvalue weighted by atomic mass is 10.1. The second kappa shape index (κ2) is 8.04. The van der Waals surface area contributed by atoms with Crippen molar-refractivity contribution in [3.05, 3.63) is 60.7 Å². The number of ether oxygens (including phenoxy) is 2. The van der Waals surface area contributed by atoms with Gasteiger partial charge < -0.3 is 20.9 Å². The van der Waals surface area contributed by atoms with Crippen molar-refractivity contribution in [3.8, 4) is 45.4 Å². The van der Waals surface area contributed by atoms with Crippen LogP contribution in [0.25, 0.3) is 33.9 Å². The van der Waals surface area contributed by atoms with E-state index in [9.17, 15) is 0 Å². The molecule has 0 aliphatic heterocycles. The Hall–Kier alpha value is -4.20. The van der Waals surface area contributed by atoms with Crippen LogP contribution < -0.4 is 20.9 Å². The molecule has 8 nitrogen and oxygen atoms in total. The van der Waals surface area contributed by atoms with Crippen LogP contribution in [0.3, 0.4) is 0 Å². The van der Waals surface area contributed by atoms with Crippen LogP contribution in [0, 0.1) is 0 Å². The first-order valence-corrected chi connectivity index (χ1v) is 9.14. The van der Waals surface area contributed by atoms with Crippen LogP contribution in [0.2, 0.25) is 0 Å². The summed E-state index contributed by atoms with van der Waals surface area (Å²) >= 11 is 0. The fraction of sp³-hybridized carbons (Fsp3) is 0.0909. The molecule has 0 amide bonds. The summed E-state index contributed by atoms with van der Waals surface area (Å²) in [7, 11) is 3.24. The van der Waals surface area contributed by atoms with Crippen LogP contribution in [0.1, 0.15) is 0 Å². The molecule has 30 heavy (non-hydrogen) atoms. The maximum absolute atomic E-state index is 5.97. The third-order valence-electron chi connectivity index (χ3n) is 4.52. The lowest BCUT2D eigenvalue weighted by Gasteiger charge is -2.09. The maximum Gasteiger partial charge on any atom is 0.221 e. The molecule has 150 valence electrons. The zero-order valence-electron chi connectivity index (χ0n) is 16.5. The Balaban J connectivity index is 1.76. The second-order valence-corrected chi connectivity index (χ2v) is 6.45. The summed E-state index contributed by atoms with van der Waals surface area (Å²) in [5, 5.41) is 0. The Morgan fingerprint density at radius 1 is 0.533 bits per heavy atom. The molecule has 0 saturated carbocycles. The number of nitrogen functional groups attached to an aromatic ring is 2. The van der Waals surface area contributed by atoms with Gasteiger partial charge in [0, 0.05) is 11.1 Å². The van der Waals surface area contributed by atoms with Gasteiger partial charge >= 0.3 is 0 Å². The molecule has 4 rings (SSSR count). The molecule has 0 fully saturated rings.